The first kappa shape index (κ1) is 35.9. The number of anilines is 1. The molecule has 50 heavy (non-hydrogen) atoms. The van der Waals surface area contributed by atoms with Gasteiger partial charge in [0.2, 0.25) is 0 Å². The number of ether oxygens (including phenoxy) is 3. The van der Waals surface area contributed by atoms with Crippen LogP contribution in [-0.2, 0) is 9.47 Å². The van der Waals surface area contributed by atoms with Crippen LogP contribution in [0.15, 0.2) is 71.3 Å². The van der Waals surface area contributed by atoms with Crippen molar-refractivity contribution in [2.75, 3.05) is 32.3 Å². The molecule has 1 atom stereocenters. The summed E-state index contributed by atoms with van der Waals surface area (Å²) < 4.78 is 21.7. The largest absolute Gasteiger partial charge is 0.467 e. The van der Waals surface area contributed by atoms with Crippen LogP contribution in [0, 0.1) is 11.3 Å². The third-order valence-corrected chi connectivity index (χ3v) is 8.08. The Bertz CT molecular complexity index is 1900. The molecule has 2 aromatic heterocycles. The lowest BCUT2D eigenvalue weighted by atomic mass is 9.96. The Labute approximate surface area is 295 Å². The van der Waals surface area contributed by atoms with Crippen LogP contribution in [0.25, 0.3) is 22.4 Å². The van der Waals surface area contributed by atoms with Gasteiger partial charge in [0.05, 0.1) is 18.0 Å². The first-order chi connectivity index (χ1) is 24.0. The van der Waals surface area contributed by atoms with Crippen LogP contribution in [0.1, 0.15) is 66.5 Å². The zero-order chi connectivity index (χ0) is 35.8. The topological polar surface area (TPSA) is 156 Å². The summed E-state index contributed by atoms with van der Waals surface area (Å²) in [5, 5.41) is 16.5. The lowest BCUT2D eigenvalue weighted by Gasteiger charge is -2.36. The molecule has 0 spiro atoms. The van der Waals surface area contributed by atoms with E-state index in [9.17, 15) is 19.6 Å². The molecule has 3 heterocycles. The molecule has 1 saturated heterocycles. The number of pyridine rings is 1. The van der Waals surface area contributed by atoms with Gasteiger partial charge in [-0.05, 0) is 94.1 Å². The summed E-state index contributed by atoms with van der Waals surface area (Å²) >= 11 is 6.27. The maximum atomic E-state index is 13.5. The summed E-state index contributed by atoms with van der Waals surface area (Å²) in [6.07, 6.45) is 3.49. The molecule has 5 rings (SSSR count). The number of amides is 3. The molecular formula is C37H38ClN5O7. The number of likely N-dealkylation sites (tertiary alicyclic amines) is 1. The number of carbonyl (C=O) groups excluding carboxylic acids is 3. The van der Waals surface area contributed by atoms with E-state index in [1.54, 1.807) is 59.5 Å². The molecule has 0 radical (unpaired) electrons. The zero-order valence-electron chi connectivity index (χ0n) is 28.2. The Morgan fingerprint density at radius 1 is 1.06 bits per heavy atom. The molecule has 1 aliphatic rings. The number of aromatic nitrogens is 1. The number of nitriles is 1. The van der Waals surface area contributed by atoms with E-state index in [0.29, 0.717) is 45.3 Å². The van der Waals surface area contributed by atoms with Gasteiger partial charge in [0.25, 0.3) is 11.8 Å². The number of carbonyl (C=O) groups is 3. The number of rotatable bonds is 10. The minimum Gasteiger partial charge on any atom is -0.467 e. The molecule has 4 aromatic rings. The van der Waals surface area contributed by atoms with Gasteiger partial charge in [-0.25, -0.2) is 9.78 Å². The first-order valence-electron chi connectivity index (χ1n) is 16.1. The van der Waals surface area contributed by atoms with Crippen molar-refractivity contribution < 1.29 is 33.0 Å². The number of methoxy groups -OCH3 is 1. The Morgan fingerprint density at radius 2 is 1.88 bits per heavy atom. The molecule has 0 saturated carbocycles. The van der Waals surface area contributed by atoms with Crippen LogP contribution in [-0.4, -0.2) is 66.4 Å². The molecule has 1 unspecified atom stereocenters. The Hall–Kier alpha value is -5.38. The number of nitrogens with one attached hydrogen (secondary N) is 2. The number of piperidine rings is 1. The SMILES string of the molecule is COCOc1cc(Cl)ccc1-c1cc(-c2cccc(C(=O)NCC3CCCCN3C(=O)OC(C)(C)C)c2)c(C#N)c(NC(=O)c2ccco2)n1. The molecule has 1 aliphatic heterocycles. The third-order valence-electron chi connectivity index (χ3n) is 7.85. The second-order valence-electron chi connectivity index (χ2n) is 12.6. The van der Waals surface area contributed by atoms with Crippen molar-refractivity contribution >= 4 is 35.3 Å². The molecule has 12 nitrogen and oxygen atoms in total. The average Bonchev–Trinajstić information content (AvgIpc) is 3.64. The number of nitrogens with zero attached hydrogens (tertiary/aromatic N) is 3. The molecule has 0 bridgehead atoms. The molecular weight excluding hydrogens is 662 g/mol. The van der Waals surface area contributed by atoms with Gasteiger partial charge < -0.3 is 34.2 Å². The van der Waals surface area contributed by atoms with Crippen molar-refractivity contribution in [3.8, 4) is 34.2 Å². The van der Waals surface area contributed by atoms with Crippen molar-refractivity contribution in [3.05, 3.63) is 88.8 Å². The number of hydrogen-bond acceptors (Lipinski definition) is 9. The molecule has 260 valence electrons. The van der Waals surface area contributed by atoms with Crippen molar-refractivity contribution in [2.24, 2.45) is 0 Å². The van der Waals surface area contributed by atoms with Crippen molar-refractivity contribution in [1.29, 1.82) is 5.26 Å². The highest BCUT2D eigenvalue weighted by Gasteiger charge is 2.31. The first-order valence-corrected chi connectivity index (χ1v) is 16.4. The fourth-order valence-corrected chi connectivity index (χ4v) is 5.72. The van der Waals surface area contributed by atoms with E-state index in [2.05, 4.69) is 21.7 Å². The fourth-order valence-electron chi connectivity index (χ4n) is 5.56. The summed E-state index contributed by atoms with van der Waals surface area (Å²) in [4.78, 5) is 45.8. The number of hydrogen-bond donors (Lipinski definition) is 2. The van der Waals surface area contributed by atoms with E-state index < -0.39 is 17.6 Å². The monoisotopic (exact) mass is 699 g/mol. The van der Waals surface area contributed by atoms with E-state index in [-0.39, 0.29) is 42.4 Å². The van der Waals surface area contributed by atoms with Gasteiger partial charge in [0.15, 0.2) is 18.4 Å². The predicted molar refractivity (Wildman–Crippen MR) is 187 cm³/mol. The van der Waals surface area contributed by atoms with Gasteiger partial charge in [0, 0.05) is 41.9 Å². The summed E-state index contributed by atoms with van der Waals surface area (Å²) in [6, 6.07) is 18.5. The van der Waals surface area contributed by atoms with Gasteiger partial charge in [-0.15, -0.1) is 0 Å². The predicted octanol–water partition coefficient (Wildman–Crippen LogP) is 7.29. The van der Waals surface area contributed by atoms with Gasteiger partial charge in [-0.3, -0.25) is 9.59 Å². The smallest absolute Gasteiger partial charge is 0.410 e. The van der Waals surface area contributed by atoms with E-state index >= 15 is 0 Å². The Kier molecular flexibility index (Phi) is 11.4. The standard InChI is InChI=1S/C37H38ClN5O7/c1-37(2,3)50-36(46)43-15-6-5-11-26(43)21-40-34(44)24-10-7-9-23(17-24)28-19-30(27-14-13-25(38)18-32(27)49-22-47-4)41-33(29(28)20-39)42-35(45)31-12-8-16-48-31/h7-10,12-14,16-19,26H,5-6,11,15,21-22H2,1-4H3,(H,40,44)(H,41,42,45). The van der Waals surface area contributed by atoms with Gasteiger partial charge in [-0.1, -0.05) is 23.7 Å². The van der Waals surface area contributed by atoms with Gasteiger partial charge >= 0.3 is 6.09 Å². The summed E-state index contributed by atoms with van der Waals surface area (Å²) in [6.45, 7) is 6.20. The summed E-state index contributed by atoms with van der Waals surface area (Å²) in [7, 11) is 1.49. The van der Waals surface area contributed by atoms with Crippen LogP contribution in [0.4, 0.5) is 10.6 Å². The highest BCUT2D eigenvalue weighted by Crippen LogP contribution is 2.37. The molecule has 1 fully saturated rings. The number of halogens is 1. The Morgan fingerprint density at radius 3 is 2.60 bits per heavy atom. The van der Waals surface area contributed by atoms with Crippen LogP contribution in [0.5, 0.6) is 5.75 Å². The van der Waals surface area contributed by atoms with Gasteiger partial charge in [-0.2, -0.15) is 5.26 Å². The zero-order valence-corrected chi connectivity index (χ0v) is 29.0. The fraction of sp³-hybridized carbons (Fsp3) is 0.324. The minimum atomic E-state index is -0.634. The molecule has 0 aliphatic carbocycles. The van der Waals surface area contributed by atoms with Gasteiger partial charge in [0.1, 0.15) is 23.0 Å². The molecule has 2 N–H and O–H groups in total. The van der Waals surface area contributed by atoms with E-state index in [4.69, 9.17) is 30.2 Å². The van der Waals surface area contributed by atoms with Crippen LogP contribution in [0.3, 0.4) is 0 Å². The van der Waals surface area contributed by atoms with Crippen LogP contribution >= 0.6 is 11.6 Å². The maximum Gasteiger partial charge on any atom is 0.410 e. The molecule has 3 amide bonds. The van der Waals surface area contributed by atoms with Crippen molar-refractivity contribution in [1.82, 2.24) is 15.2 Å². The molecule has 2 aromatic carbocycles. The highest BCUT2D eigenvalue weighted by atomic mass is 35.5. The lowest BCUT2D eigenvalue weighted by Crippen LogP contribution is -2.50. The number of benzene rings is 2. The van der Waals surface area contributed by atoms with Crippen LogP contribution in [0.2, 0.25) is 5.02 Å². The van der Waals surface area contributed by atoms with E-state index in [0.717, 1.165) is 19.3 Å². The second kappa shape index (κ2) is 15.9. The van der Waals surface area contributed by atoms with E-state index in [1.165, 1.54) is 19.4 Å². The maximum absolute atomic E-state index is 13.5. The quantitative estimate of drug-likeness (QED) is 0.162. The second-order valence-corrected chi connectivity index (χ2v) is 13.1. The number of furan rings is 1. The lowest BCUT2D eigenvalue weighted by molar-refractivity contribution is 0.00985. The highest BCUT2D eigenvalue weighted by molar-refractivity contribution is 6.30. The Balaban J connectivity index is 1.49. The summed E-state index contributed by atoms with van der Waals surface area (Å²) in [5.41, 5.74) is 1.56. The molecule has 13 heteroatoms. The normalized spacial score (nSPS) is 14.4. The summed E-state index contributed by atoms with van der Waals surface area (Å²) in [5.74, 6) is -0.593. The third kappa shape index (κ3) is 8.80. The van der Waals surface area contributed by atoms with Crippen molar-refractivity contribution in [2.45, 2.75) is 51.7 Å². The average molecular weight is 700 g/mol. The van der Waals surface area contributed by atoms with Crippen LogP contribution < -0.4 is 15.4 Å². The van der Waals surface area contributed by atoms with E-state index in [1.807, 2.05) is 20.8 Å². The van der Waals surface area contributed by atoms with Crippen molar-refractivity contribution in [3.63, 3.8) is 0 Å². The minimum absolute atomic E-state index is 0.0246.